The predicted molar refractivity (Wildman–Crippen MR) is 61.1 cm³/mol. The van der Waals surface area contributed by atoms with Crippen molar-refractivity contribution < 1.29 is 9.53 Å². The van der Waals surface area contributed by atoms with Crippen LogP contribution in [-0.4, -0.2) is 5.97 Å². The van der Waals surface area contributed by atoms with E-state index in [9.17, 15) is 4.79 Å². The Kier molecular flexibility index (Phi) is 4.35. The molecule has 0 amide bonds. The molecule has 0 fully saturated rings. The second-order valence-electron chi connectivity index (χ2n) is 3.71. The Bertz CT molecular complexity index is 314. The van der Waals surface area contributed by atoms with Gasteiger partial charge in [0.25, 0.3) is 0 Å². The summed E-state index contributed by atoms with van der Waals surface area (Å²) in [5.41, 5.74) is 1.29. The maximum atomic E-state index is 11.0. The van der Waals surface area contributed by atoms with Crippen molar-refractivity contribution >= 4 is 5.97 Å². The lowest BCUT2D eigenvalue weighted by Crippen LogP contribution is -2.05. The van der Waals surface area contributed by atoms with E-state index in [1.807, 2.05) is 24.3 Å². The fraction of sp³-hybridized carbons (Fsp3) is 0.462. The molecule has 82 valence electrons. The van der Waals surface area contributed by atoms with Crippen molar-refractivity contribution in [2.45, 2.75) is 39.5 Å². The number of rotatable bonds is 4. The average Bonchev–Trinajstić information content (AvgIpc) is 2.29. The van der Waals surface area contributed by atoms with E-state index in [4.69, 9.17) is 4.74 Å². The van der Waals surface area contributed by atoms with Gasteiger partial charge in [-0.25, -0.2) is 0 Å². The molecule has 2 nitrogen and oxygen atoms in total. The van der Waals surface area contributed by atoms with Gasteiger partial charge in [0.1, 0.15) is 5.75 Å². The van der Waals surface area contributed by atoms with Crippen LogP contribution in [-0.2, 0) is 4.79 Å². The number of hydrogen-bond donors (Lipinski definition) is 0. The van der Waals surface area contributed by atoms with Gasteiger partial charge in [0, 0.05) is 6.42 Å². The summed E-state index contributed by atoms with van der Waals surface area (Å²) in [6.07, 6.45) is 1.53. The molecule has 0 spiro atoms. The molecule has 0 aliphatic carbocycles. The highest BCUT2D eigenvalue weighted by molar-refractivity contribution is 5.71. The third-order valence-electron chi connectivity index (χ3n) is 2.58. The van der Waals surface area contributed by atoms with Crippen LogP contribution in [0.2, 0.25) is 0 Å². The van der Waals surface area contributed by atoms with Gasteiger partial charge in [-0.15, -0.1) is 0 Å². The molecular weight excluding hydrogens is 188 g/mol. The molecule has 0 saturated heterocycles. The van der Waals surface area contributed by atoms with Gasteiger partial charge in [-0.3, -0.25) is 4.79 Å². The summed E-state index contributed by atoms with van der Waals surface area (Å²) in [6, 6.07) is 7.75. The van der Waals surface area contributed by atoms with Crippen LogP contribution < -0.4 is 4.74 Å². The zero-order valence-corrected chi connectivity index (χ0v) is 9.62. The van der Waals surface area contributed by atoms with E-state index in [1.165, 1.54) is 5.56 Å². The lowest BCUT2D eigenvalue weighted by molar-refractivity contribution is -0.134. The third-order valence-corrected chi connectivity index (χ3v) is 2.58. The number of carbonyl (C=O) groups excluding carboxylic acids is 1. The molecule has 1 aromatic carbocycles. The van der Waals surface area contributed by atoms with Gasteiger partial charge in [0.05, 0.1) is 0 Å². The first-order valence-electron chi connectivity index (χ1n) is 5.48. The highest BCUT2D eigenvalue weighted by Gasteiger charge is 2.04. The number of benzene rings is 1. The minimum Gasteiger partial charge on any atom is -0.427 e. The number of carbonyl (C=O) groups is 1. The molecule has 0 bridgehead atoms. The maximum Gasteiger partial charge on any atom is 0.310 e. The fourth-order valence-electron chi connectivity index (χ4n) is 1.30. The zero-order chi connectivity index (χ0) is 11.3. The Morgan fingerprint density at radius 3 is 2.33 bits per heavy atom. The van der Waals surface area contributed by atoms with Gasteiger partial charge in [0.2, 0.25) is 0 Å². The average molecular weight is 206 g/mol. The predicted octanol–water partition coefficient (Wildman–Crippen LogP) is 3.52. The standard InChI is InChI=1S/C13H18O2/c1-4-10(3)11-6-8-12(9-7-11)15-13(14)5-2/h6-10H,4-5H2,1-3H3. The van der Waals surface area contributed by atoms with Crippen LogP contribution in [0.5, 0.6) is 5.75 Å². The van der Waals surface area contributed by atoms with Crippen LogP contribution in [0.25, 0.3) is 0 Å². The summed E-state index contributed by atoms with van der Waals surface area (Å²) in [7, 11) is 0. The summed E-state index contributed by atoms with van der Waals surface area (Å²) in [4.78, 5) is 11.0. The number of esters is 1. The van der Waals surface area contributed by atoms with E-state index >= 15 is 0 Å². The molecule has 1 atom stereocenters. The molecule has 1 rings (SSSR count). The topological polar surface area (TPSA) is 26.3 Å². The summed E-state index contributed by atoms with van der Waals surface area (Å²) >= 11 is 0. The van der Waals surface area contributed by atoms with Crippen molar-refractivity contribution in [2.75, 3.05) is 0 Å². The SMILES string of the molecule is CCC(=O)Oc1ccc(C(C)CC)cc1. The van der Waals surface area contributed by atoms with E-state index in [1.54, 1.807) is 6.92 Å². The van der Waals surface area contributed by atoms with Crippen molar-refractivity contribution in [3.63, 3.8) is 0 Å². The molecular formula is C13H18O2. The van der Waals surface area contributed by atoms with Crippen molar-refractivity contribution in [3.8, 4) is 5.75 Å². The normalized spacial score (nSPS) is 12.2. The van der Waals surface area contributed by atoms with E-state index in [-0.39, 0.29) is 5.97 Å². The van der Waals surface area contributed by atoms with E-state index < -0.39 is 0 Å². The van der Waals surface area contributed by atoms with Crippen LogP contribution in [0.4, 0.5) is 0 Å². The van der Waals surface area contributed by atoms with Crippen molar-refractivity contribution in [1.82, 2.24) is 0 Å². The molecule has 15 heavy (non-hydrogen) atoms. The van der Waals surface area contributed by atoms with E-state index in [0.717, 1.165) is 6.42 Å². The Morgan fingerprint density at radius 2 is 1.87 bits per heavy atom. The minimum absolute atomic E-state index is 0.189. The van der Waals surface area contributed by atoms with Crippen LogP contribution in [0.15, 0.2) is 24.3 Å². The lowest BCUT2D eigenvalue weighted by Gasteiger charge is -2.09. The van der Waals surface area contributed by atoms with Gasteiger partial charge >= 0.3 is 5.97 Å². The maximum absolute atomic E-state index is 11.0. The number of hydrogen-bond acceptors (Lipinski definition) is 2. The molecule has 0 heterocycles. The van der Waals surface area contributed by atoms with Crippen molar-refractivity contribution in [3.05, 3.63) is 29.8 Å². The molecule has 1 unspecified atom stereocenters. The second kappa shape index (κ2) is 5.54. The van der Waals surface area contributed by atoms with Crippen LogP contribution in [0.1, 0.15) is 45.1 Å². The van der Waals surface area contributed by atoms with E-state index in [2.05, 4.69) is 13.8 Å². The molecule has 0 N–H and O–H groups in total. The Morgan fingerprint density at radius 1 is 1.27 bits per heavy atom. The third kappa shape index (κ3) is 3.39. The van der Waals surface area contributed by atoms with E-state index in [0.29, 0.717) is 18.1 Å². The van der Waals surface area contributed by atoms with Gasteiger partial charge in [0.15, 0.2) is 0 Å². The van der Waals surface area contributed by atoms with Crippen LogP contribution in [0.3, 0.4) is 0 Å². The highest BCUT2D eigenvalue weighted by atomic mass is 16.5. The van der Waals surface area contributed by atoms with Crippen molar-refractivity contribution in [2.24, 2.45) is 0 Å². The smallest absolute Gasteiger partial charge is 0.310 e. The van der Waals surface area contributed by atoms with Crippen LogP contribution in [0, 0.1) is 0 Å². The molecule has 1 aromatic rings. The molecule has 0 radical (unpaired) electrons. The Balaban J connectivity index is 2.68. The lowest BCUT2D eigenvalue weighted by atomic mass is 9.99. The summed E-state index contributed by atoms with van der Waals surface area (Å²) in [6.45, 7) is 6.14. The number of ether oxygens (including phenoxy) is 1. The summed E-state index contributed by atoms with van der Waals surface area (Å²) in [5.74, 6) is 1.00. The first kappa shape index (κ1) is 11.8. The molecule has 0 aromatic heterocycles. The summed E-state index contributed by atoms with van der Waals surface area (Å²) in [5, 5.41) is 0. The molecule has 0 saturated carbocycles. The monoisotopic (exact) mass is 206 g/mol. The van der Waals surface area contributed by atoms with Gasteiger partial charge in [-0.05, 0) is 30.0 Å². The van der Waals surface area contributed by atoms with Crippen molar-refractivity contribution in [1.29, 1.82) is 0 Å². The second-order valence-corrected chi connectivity index (χ2v) is 3.71. The minimum atomic E-state index is -0.189. The van der Waals surface area contributed by atoms with Crippen LogP contribution >= 0.6 is 0 Å². The largest absolute Gasteiger partial charge is 0.427 e. The zero-order valence-electron chi connectivity index (χ0n) is 9.62. The van der Waals surface area contributed by atoms with Gasteiger partial charge < -0.3 is 4.74 Å². The fourth-order valence-corrected chi connectivity index (χ4v) is 1.30. The highest BCUT2D eigenvalue weighted by Crippen LogP contribution is 2.21. The first-order chi connectivity index (χ1) is 7.17. The Hall–Kier alpha value is -1.31. The molecule has 0 aliphatic heterocycles. The molecule has 2 heteroatoms. The molecule has 0 aliphatic rings. The Labute approximate surface area is 91.3 Å². The quantitative estimate of drug-likeness (QED) is 0.556. The first-order valence-corrected chi connectivity index (χ1v) is 5.48. The summed E-state index contributed by atoms with van der Waals surface area (Å²) < 4.78 is 5.09. The van der Waals surface area contributed by atoms with Gasteiger partial charge in [-0.1, -0.05) is 32.9 Å². The van der Waals surface area contributed by atoms with Gasteiger partial charge in [-0.2, -0.15) is 0 Å².